The van der Waals surface area contributed by atoms with Gasteiger partial charge in [0.25, 0.3) is 5.91 Å². The molecule has 1 heterocycles. The first-order valence-electron chi connectivity index (χ1n) is 12.8. The summed E-state index contributed by atoms with van der Waals surface area (Å²) in [6, 6.07) is 9.85. The molecule has 0 aliphatic carbocycles. The van der Waals surface area contributed by atoms with Gasteiger partial charge in [0.2, 0.25) is 0 Å². The van der Waals surface area contributed by atoms with Crippen molar-refractivity contribution in [1.82, 2.24) is 15.3 Å². The molecule has 0 aliphatic rings. The molecule has 0 spiro atoms. The fourth-order valence-corrected chi connectivity index (χ4v) is 3.85. The number of rotatable bonds is 18. The number of amides is 1. The van der Waals surface area contributed by atoms with Gasteiger partial charge >= 0.3 is 0 Å². The molecule has 0 atom stereocenters. The number of unbranched alkanes of at least 4 members (excludes halogenated alkanes) is 12. The van der Waals surface area contributed by atoms with E-state index in [4.69, 9.17) is 0 Å². The highest BCUT2D eigenvalue weighted by atomic mass is 16.1. The molecule has 0 saturated heterocycles. The molecule has 32 heavy (non-hydrogen) atoms. The Balaban J connectivity index is 1.40. The lowest BCUT2D eigenvalue weighted by Gasteiger charge is -2.04. The third-order valence-electron chi connectivity index (χ3n) is 5.84. The fraction of sp³-hybridized carbons (Fsp3) is 0.571. The quantitative estimate of drug-likeness (QED) is 0.184. The highest BCUT2D eigenvalue weighted by Crippen LogP contribution is 2.14. The molecule has 0 bridgehead atoms. The molecule has 0 aliphatic heterocycles. The largest absolute Gasteiger partial charge is 0.351 e. The number of carbonyl (C=O) groups excluding carboxylic acids is 1. The maximum Gasteiger partial charge on any atom is 0.269 e. The van der Waals surface area contributed by atoms with Crippen LogP contribution in [0.2, 0.25) is 0 Å². The second-order valence-corrected chi connectivity index (χ2v) is 8.71. The average molecular weight is 438 g/mol. The Morgan fingerprint density at radius 1 is 0.844 bits per heavy atom. The van der Waals surface area contributed by atoms with Crippen LogP contribution in [0.5, 0.6) is 0 Å². The van der Waals surface area contributed by atoms with E-state index < -0.39 is 0 Å². The van der Waals surface area contributed by atoms with E-state index in [9.17, 15) is 4.79 Å². The molecule has 0 saturated carbocycles. The first-order valence-corrected chi connectivity index (χ1v) is 12.8. The maximum absolute atomic E-state index is 12.3. The van der Waals surface area contributed by atoms with Crippen LogP contribution in [0.15, 0.2) is 48.7 Å². The topological polar surface area (TPSA) is 57.8 Å². The lowest BCUT2D eigenvalue weighted by atomic mass is 10.1. The summed E-state index contributed by atoms with van der Waals surface area (Å²) in [5.41, 5.74) is 1.51. The average Bonchev–Trinajstić information content (AvgIpc) is 3.32. The van der Waals surface area contributed by atoms with Crippen LogP contribution < -0.4 is 5.32 Å². The second kappa shape index (κ2) is 17.2. The van der Waals surface area contributed by atoms with E-state index >= 15 is 0 Å². The van der Waals surface area contributed by atoms with E-state index in [2.05, 4.69) is 34.4 Å². The van der Waals surface area contributed by atoms with Crippen molar-refractivity contribution in [3.05, 3.63) is 54.4 Å². The lowest BCUT2D eigenvalue weighted by Crippen LogP contribution is -2.24. The number of allylic oxidation sites excluding steroid dienone is 2. The number of hydrogen-bond donors (Lipinski definition) is 2. The minimum absolute atomic E-state index is 0.0780. The minimum atomic E-state index is -0.0780. The fourth-order valence-electron chi connectivity index (χ4n) is 3.85. The van der Waals surface area contributed by atoms with Gasteiger partial charge in [0.15, 0.2) is 0 Å². The summed E-state index contributed by atoms with van der Waals surface area (Å²) in [5.74, 6) is 0.651. The molecular weight excluding hydrogens is 394 g/mol. The van der Waals surface area contributed by atoms with Crippen molar-refractivity contribution < 1.29 is 4.79 Å². The summed E-state index contributed by atoms with van der Waals surface area (Å²) >= 11 is 0. The van der Waals surface area contributed by atoms with Gasteiger partial charge in [0.1, 0.15) is 11.5 Å². The third kappa shape index (κ3) is 11.3. The van der Waals surface area contributed by atoms with Gasteiger partial charge in [-0.15, -0.1) is 0 Å². The van der Waals surface area contributed by atoms with E-state index in [1.54, 1.807) is 6.20 Å². The molecule has 2 rings (SSSR count). The molecule has 0 unspecified atom stereocenters. The Kier molecular flexibility index (Phi) is 13.9. The van der Waals surface area contributed by atoms with E-state index in [0.29, 0.717) is 5.69 Å². The van der Waals surface area contributed by atoms with Crippen LogP contribution in [0.3, 0.4) is 0 Å². The maximum atomic E-state index is 12.3. The monoisotopic (exact) mass is 437 g/mol. The van der Waals surface area contributed by atoms with Crippen molar-refractivity contribution >= 4 is 5.91 Å². The summed E-state index contributed by atoms with van der Waals surface area (Å²) in [4.78, 5) is 19.7. The van der Waals surface area contributed by atoms with Crippen LogP contribution in [0.25, 0.3) is 11.4 Å². The predicted octanol–water partition coefficient (Wildman–Crippen LogP) is 7.84. The zero-order valence-electron chi connectivity index (χ0n) is 20.1. The minimum Gasteiger partial charge on any atom is -0.351 e. The number of benzene rings is 1. The van der Waals surface area contributed by atoms with E-state index in [0.717, 1.165) is 24.4 Å². The zero-order valence-corrected chi connectivity index (χ0v) is 20.1. The Hall–Kier alpha value is -2.36. The molecule has 1 aromatic heterocycles. The van der Waals surface area contributed by atoms with Gasteiger partial charge in [-0.1, -0.05) is 107 Å². The van der Waals surface area contributed by atoms with Crippen LogP contribution in [0.4, 0.5) is 0 Å². The van der Waals surface area contributed by atoms with Crippen LogP contribution in [-0.4, -0.2) is 22.4 Å². The lowest BCUT2D eigenvalue weighted by molar-refractivity contribution is 0.0948. The van der Waals surface area contributed by atoms with Gasteiger partial charge in [-0.2, -0.15) is 0 Å². The Labute approximate surface area is 195 Å². The number of aromatic amines is 1. The summed E-state index contributed by atoms with van der Waals surface area (Å²) in [6.07, 6.45) is 24.5. The molecule has 1 amide bonds. The SMILES string of the molecule is CCCCCCCCC/C=C/CCCCCCCNC(=O)c1cnc(-c2ccccc2)[nH]1. The Bertz CT molecular complexity index is 751. The summed E-state index contributed by atoms with van der Waals surface area (Å²) in [5, 5.41) is 2.99. The standard InChI is InChI=1S/C28H43N3O/c1-2-3-4-5-6-7-8-9-10-11-12-13-14-15-16-20-23-29-28(32)26-24-30-27(31-26)25-21-18-17-19-22-25/h10-11,17-19,21-22,24H,2-9,12-16,20,23H2,1H3,(H,29,32)(H,30,31)/b11-10+. The Morgan fingerprint density at radius 2 is 1.44 bits per heavy atom. The predicted molar refractivity (Wildman–Crippen MR) is 136 cm³/mol. The molecule has 1 aromatic carbocycles. The van der Waals surface area contributed by atoms with Crippen LogP contribution >= 0.6 is 0 Å². The van der Waals surface area contributed by atoms with Gasteiger partial charge in [0.05, 0.1) is 6.20 Å². The number of H-pyrrole nitrogens is 1. The Morgan fingerprint density at radius 3 is 2.09 bits per heavy atom. The van der Waals surface area contributed by atoms with Crippen molar-refractivity contribution in [3.63, 3.8) is 0 Å². The first-order chi connectivity index (χ1) is 15.8. The summed E-state index contributed by atoms with van der Waals surface area (Å²) in [6.45, 7) is 2.99. The first kappa shape index (κ1) is 25.9. The highest BCUT2D eigenvalue weighted by Gasteiger charge is 2.09. The van der Waals surface area contributed by atoms with Gasteiger partial charge in [-0.05, 0) is 32.1 Å². The van der Waals surface area contributed by atoms with Crippen LogP contribution in [0.1, 0.15) is 107 Å². The molecule has 4 heteroatoms. The summed E-state index contributed by atoms with van der Waals surface area (Å²) in [7, 11) is 0. The smallest absolute Gasteiger partial charge is 0.269 e. The van der Waals surface area contributed by atoms with Crippen LogP contribution in [-0.2, 0) is 0 Å². The van der Waals surface area contributed by atoms with Gasteiger partial charge in [-0.25, -0.2) is 4.98 Å². The number of carbonyl (C=O) groups is 1. The molecule has 0 radical (unpaired) electrons. The van der Waals surface area contributed by atoms with Gasteiger partial charge < -0.3 is 10.3 Å². The summed E-state index contributed by atoms with van der Waals surface area (Å²) < 4.78 is 0. The molecule has 0 fully saturated rings. The zero-order chi connectivity index (χ0) is 22.7. The van der Waals surface area contributed by atoms with E-state index in [1.807, 2.05) is 30.3 Å². The number of nitrogens with zero attached hydrogens (tertiary/aromatic N) is 1. The van der Waals surface area contributed by atoms with Gasteiger partial charge in [-0.3, -0.25) is 4.79 Å². The number of aromatic nitrogens is 2. The molecule has 4 nitrogen and oxygen atoms in total. The number of hydrogen-bond acceptors (Lipinski definition) is 2. The number of nitrogens with one attached hydrogen (secondary N) is 2. The van der Waals surface area contributed by atoms with Crippen LogP contribution in [0, 0.1) is 0 Å². The highest BCUT2D eigenvalue weighted by molar-refractivity contribution is 5.92. The van der Waals surface area contributed by atoms with Crippen molar-refractivity contribution in [1.29, 1.82) is 0 Å². The van der Waals surface area contributed by atoms with Crippen molar-refractivity contribution in [2.24, 2.45) is 0 Å². The molecule has 176 valence electrons. The van der Waals surface area contributed by atoms with E-state index in [1.165, 1.54) is 83.5 Å². The number of imidazole rings is 1. The second-order valence-electron chi connectivity index (χ2n) is 8.71. The van der Waals surface area contributed by atoms with Crippen molar-refractivity contribution in [2.45, 2.75) is 96.8 Å². The molecule has 2 aromatic rings. The van der Waals surface area contributed by atoms with E-state index in [-0.39, 0.29) is 5.91 Å². The van der Waals surface area contributed by atoms with Crippen molar-refractivity contribution in [2.75, 3.05) is 6.54 Å². The molecule has 2 N–H and O–H groups in total. The normalized spacial score (nSPS) is 11.3. The third-order valence-corrected chi connectivity index (χ3v) is 5.84. The van der Waals surface area contributed by atoms with Gasteiger partial charge in [0, 0.05) is 12.1 Å². The van der Waals surface area contributed by atoms with Crippen molar-refractivity contribution in [3.8, 4) is 11.4 Å². The molecular formula is C28H43N3O.